The zero-order valence-electron chi connectivity index (χ0n) is 11.9. The Morgan fingerprint density at radius 1 is 1.52 bits per heavy atom. The summed E-state index contributed by atoms with van der Waals surface area (Å²) < 4.78 is 5.40. The van der Waals surface area contributed by atoms with Crippen molar-refractivity contribution < 1.29 is 14.5 Å². The van der Waals surface area contributed by atoms with Crippen molar-refractivity contribution in [2.45, 2.75) is 19.9 Å². The van der Waals surface area contributed by atoms with E-state index < -0.39 is 10.9 Å². The molecule has 0 radical (unpaired) electrons. The highest BCUT2D eigenvalue weighted by molar-refractivity contribution is 7.16. The van der Waals surface area contributed by atoms with E-state index in [1.54, 1.807) is 22.5 Å². The van der Waals surface area contributed by atoms with Crippen LogP contribution < -0.4 is 4.90 Å². The molecule has 0 bridgehead atoms. The number of nitrogens with zero attached hydrogens (tertiary/aromatic N) is 3. The fraction of sp³-hybridized carbons (Fsp3) is 0.385. The van der Waals surface area contributed by atoms with Crippen LogP contribution in [0.15, 0.2) is 17.6 Å². The van der Waals surface area contributed by atoms with Gasteiger partial charge in [-0.2, -0.15) is 0 Å². The molecule has 0 saturated carbocycles. The number of nitro groups is 1. The van der Waals surface area contributed by atoms with Gasteiger partial charge in [-0.05, 0) is 26.0 Å². The molecule has 0 amide bonds. The first-order chi connectivity index (χ1) is 9.95. The average Bonchev–Trinajstić information content (AvgIpc) is 2.90. The molecule has 8 heteroatoms. The number of methoxy groups -OCH3 is 1. The molecular weight excluding hydrogens is 294 g/mol. The van der Waals surface area contributed by atoms with E-state index in [-0.39, 0.29) is 18.3 Å². The largest absolute Gasteiger partial charge is 0.468 e. The Morgan fingerprint density at radius 3 is 2.81 bits per heavy atom. The SMILES string of the molecule is COC(=O)CN(c1ccc2scnc2c1[N+](=O)[O-])C(C)C. The highest BCUT2D eigenvalue weighted by atomic mass is 32.1. The predicted octanol–water partition coefficient (Wildman–Crippen LogP) is 2.59. The van der Waals surface area contributed by atoms with Gasteiger partial charge in [0.2, 0.25) is 0 Å². The molecule has 0 aliphatic rings. The van der Waals surface area contributed by atoms with Crippen LogP contribution in [0.1, 0.15) is 13.8 Å². The number of aromatic nitrogens is 1. The van der Waals surface area contributed by atoms with Crippen molar-refractivity contribution in [2.24, 2.45) is 0 Å². The number of carbonyl (C=O) groups is 1. The van der Waals surface area contributed by atoms with Crippen molar-refractivity contribution in [1.82, 2.24) is 4.98 Å². The zero-order chi connectivity index (χ0) is 15.6. The summed E-state index contributed by atoms with van der Waals surface area (Å²) in [4.78, 5) is 28.3. The number of thiazole rings is 1. The predicted molar refractivity (Wildman–Crippen MR) is 80.8 cm³/mol. The summed E-state index contributed by atoms with van der Waals surface area (Å²) in [7, 11) is 1.29. The molecule has 21 heavy (non-hydrogen) atoms. The number of carbonyl (C=O) groups excluding carboxylic acids is 1. The molecule has 1 heterocycles. The van der Waals surface area contributed by atoms with Crippen molar-refractivity contribution in [3.63, 3.8) is 0 Å². The first kappa shape index (κ1) is 15.2. The second kappa shape index (κ2) is 6.04. The molecule has 0 aliphatic carbocycles. The summed E-state index contributed by atoms with van der Waals surface area (Å²) >= 11 is 1.34. The van der Waals surface area contributed by atoms with Gasteiger partial charge in [0, 0.05) is 6.04 Å². The van der Waals surface area contributed by atoms with E-state index in [1.807, 2.05) is 13.8 Å². The third kappa shape index (κ3) is 2.94. The second-order valence-electron chi connectivity index (χ2n) is 4.69. The van der Waals surface area contributed by atoms with Gasteiger partial charge in [0.25, 0.3) is 0 Å². The smallest absolute Gasteiger partial charge is 0.325 e. The third-order valence-electron chi connectivity index (χ3n) is 3.10. The number of rotatable bonds is 5. The van der Waals surface area contributed by atoms with E-state index >= 15 is 0 Å². The minimum absolute atomic E-state index is 0.0509. The van der Waals surface area contributed by atoms with Crippen LogP contribution in [0.3, 0.4) is 0 Å². The van der Waals surface area contributed by atoms with E-state index in [0.29, 0.717) is 11.2 Å². The van der Waals surface area contributed by atoms with Gasteiger partial charge in [-0.3, -0.25) is 14.9 Å². The minimum atomic E-state index is -0.454. The molecule has 7 nitrogen and oxygen atoms in total. The molecule has 0 fully saturated rings. The van der Waals surface area contributed by atoms with Gasteiger partial charge in [0.05, 0.1) is 22.2 Å². The molecule has 0 spiro atoms. The van der Waals surface area contributed by atoms with Gasteiger partial charge in [0.15, 0.2) is 5.52 Å². The van der Waals surface area contributed by atoms with E-state index in [0.717, 1.165) is 4.70 Å². The standard InChI is InChI=1S/C13H15N3O4S/c1-8(2)15(6-11(17)20-3)9-4-5-10-12(14-7-21-10)13(9)16(18)19/h4-5,7-8H,6H2,1-3H3. The average molecular weight is 309 g/mol. The summed E-state index contributed by atoms with van der Waals surface area (Å²) in [5, 5.41) is 11.4. The molecule has 112 valence electrons. The van der Waals surface area contributed by atoms with E-state index in [2.05, 4.69) is 9.72 Å². The Labute approximate surface area is 125 Å². The van der Waals surface area contributed by atoms with E-state index in [1.165, 1.54) is 18.4 Å². The van der Waals surface area contributed by atoms with Crippen LogP contribution >= 0.6 is 11.3 Å². The van der Waals surface area contributed by atoms with Gasteiger partial charge in [-0.25, -0.2) is 4.98 Å². The third-order valence-corrected chi connectivity index (χ3v) is 3.89. The highest BCUT2D eigenvalue weighted by Gasteiger charge is 2.27. The zero-order valence-corrected chi connectivity index (χ0v) is 12.7. The van der Waals surface area contributed by atoms with Crippen LogP contribution in [0.25, 0.3) is 10.2 Å². The maximum atomic E-state index is 11.5. The molecule has 2 rings (SSSR count). The molecule has 0 saturated heterocycles. The minimum Gasteiger partial charge on any atom is -0.468 e. The van der Waals surface area contributed by atoms with Gasteiger partial charge in [-0.15, -0.1) is 11.3 Å². The Hall–Kier alpha value is -2.22. The molecule has 0 N–H and O–H groups in total. The summed E-state index contributed by atoms with van der Waals surface area (Å²) in [5.74, 6) is -0.448. The number of hydrogen-bond acceptors (Lipinski definition) is 7. The lowest BCUT2D eigenvalue weighted by atomic mass is 10.2. The summed E-state index contributed by atoms with van der Waals surface area (Å²) in [6, 6.07) is 3.34. The lowest BCUT2D eigenvalue weighted by Crippen LogP contribution is -2.36. The van der Waals surface area contributed by atoms with Crippen LogP contribution in [0.4, 0.5) is 11.4 Å². The Balaban J connectivity index is 2.58. The number of ether oxygens (including phenoxy) is 1. The van der Waals surface area contributed by atoms with Crippen LogP contribution in [0.2, 0.25) is 0 Å². The fourth-order valence-corrected chi connectivity index (χ4v) is 2.75. The molecule has 0 atom stereocenters. The summed E-state index contributed by atoms with van der Waals surface area (Å²) in [6.07, 6.45) is 0. The topological polar surface area (TPSA) is 85.6 Å². The van der Waals surface area contributed by atoms with Crippen LogP contribution in [-0.4, -0.2) is 35.6 Å². The molecule has 0 aliphatic heterocycles. The Morgan fingerprint density at radius 2 is 2.24 bits per heavy atom. The second-order valence-corrected chi connectivity index (χ2v) is 5.57. The molecular formula is C13H15N3O4S. The number of hydrogen-bond donors (Lipinski definition) is 0. The van der Waals surface area contributed by atoms with Crippen molar-refractivity contribution in [1.29, 1.82) is 0 Å². The lowest BCUT2D eigenvalue weighted by Gasteiger charge is -2.27. The molecule has 1 aromatic carbocycles. The molecule has 2 aromatic rings. The monoisotopic (exact) mass is 309 g/mol. The van der Waals surface area contributed by atoms with Crippen LogP contribution in [0.5, 0.6) is 0 Å². The van der Waals surface area contributed by atoms with Crippen molar-refractivity contribution in [2.75, 3.05) is 18.6 Å². The summed E-state index contributed by atoms with van der Waals surface area (Å²) in [5.41, 5.74) is 2.21. The lowest BCUT2D eigenvalue weighted by molar-refractivity contribution is -0.382. The Bertz CT molecular complexity index is 683. The van der Waals surface area contributed by atoms with Crippen molar-refractivity contribution >= 4 is 38.9 Å². The maximum absolute atomic E-state index is 11.5. The van der Waals surface area contributed by atoms with Gasteiger partial charge < -0.3 is 9.64 Å². The van der Waals surface area contributed by atoms with E-state index in [4.69, 9.17) is 0 Å². The molecule has 0 unspecified atom stereocenters. The van der Waals surface area contributed by atoms with Crippen molar-refractivity contribution in [3.8, 4) is 0 Å². The number of fused-ring (bicyclic) bond motifs is 1. The number of benzene rings is 1. The van der Waals surface area contributed by atoms with Crippen molar-refractivity contribution in [3.05, 3.63) is 27.8 Å². The normalized spacial score (nSPS) is 10.9. The first-order valence-corrected chi connectivity index (χ1v) is 7.17. The number of esters is 1. The number of nitro benzene ring substituents is 1. The van der Waals surface area contributed by atoms with Gasteiger partial charge in [0.1, 0.15) is 12.2 Å². The van der Waals surface area contributed by atoms with Crippen LogP contribution in [-0.2, 0) is 9.53 Å². The first-order valence-electron chi connectivity index (χ1n) is 6.29. The highest BCUT2D eigenvalue weighted by Crippen LogP contribution is 2.37. The fourth-order valence-electron chi connectivity index (χ4n) is 2.07. The Kier molecular flexibility index (Phi) is 4.37. The molecule has 1 aromatic heterocycles. The van der Waals surface area contributed by atoms with Gasteiger partial charge >= 0.3 is 11.7 Å². The maximum Gasteiger partial charge on any atom is 0.325 e. The van der Waals surface area contributed by atoms with Gasteiger partial charge in [-0.1, -0.05) is 0 Å². The summed E-state index contributed by atoms with van der Waals surface area (Å²) in [6.45, 7) is 3.67. The van der Waals surface area contributed by atoms with Crippen LogP contribution in [0, 0.1) is 10.1 Å². The van der Waals surface area contributed by atoms with E-state index in [9.17, 15) is 14.9 Å². The number of anilines is 1. The quantitative estimate of drug-likeness (QED) is 0.479.